The summed E-state index contributed by atoms with van der Waals surface area (Å²) in [6.07, 6.45) is 10.9. The van der Waals surface area contributed by atoms with Crippen LogP contribution < -0.4 is 0 Å². The smallest absolute Gasteiger partial charge is 0.0780 e. The van der Waals surface area contributed by atoms with Crippen molar-refractivity contribution in [3.05, 3.63) is 24.8 Å². The molecule has 0 aromatic rings. The van der Waals surface area contributed by atoms with Crippen LogP contribution in [0.4, 0.5) is 0 Å². The summed E-state index contributed by atoms with van der Waals surface area (Å²) in [5.41, 5.74) is 0. The van der Waals surface area contributed by atoms with E-state index in [1.165, 1.54) is 0 Å². The second kappa shape index (κ2) is 6.80. The number of rotatable bonds is 5. The lowest BCUT2D eigenvalue weighted by Gasteiger charge is -2.23. The van der Waals surface area contributed by atoms with Crippen LogP contribution in [0, 0.1) is 0 Å². The van der Waals surface area contributed by atoms with Gasteiger partial charge in [0.25, 0.3) is 0 Å². The molecule has 1 N–H and O–H groups in total. The predicted octanol–water partition coefficient (Wildman–Crippen LogP) is 2.44. The van der Waals surface area contributed by atoms with E-state index in [1.807, 2.05) is 6.08 Å². The molecular formula is C12H20O2. The van der Waals surface area contributed by atoms with E-state index >= 15 is 0 Å². The zero-order valence-corrected chi connectivity index (χ0v) is 8.69. The van der Waals surface area contributed by atoms with E-state index in [0.29, 0.717) is 6.61 Å². The SMILES string of the molecule is C=CCCCC=CC1CC(O)CCO1. The minimum absolute atomic E-state index is 0.127. The lowest BCUT2D eigenvalue weighted by atomic mass is 10.1. The van der Waals surface area contributed by atoms with Crippen LogP contribution in [0.5, 0.6) is 0 Å². The maximum Gasteiger partial charge on any atom is 0.0780 e. The maximum atomic E-state index is 9.39. The molecule has 0 aromatic heterocycles. The molecule has 14 heavy (non-hydrogen) atoms. The minimum Gasteiger partial charge on any atom is -0.393 e. The van der Waals surface area contributed by atoms with Crippen molar-refractivity contribution >= 4 is 0 Å². The fraction of sp³-hybridized carbons (Fsp3) is 0.667. The molecule has 1 aliphatic heterocycles. The Balaban J connectivity index is 2.12. The molecule has 2 nitrogen and oxygen atoms in total. The highest BCUT2D eigenvalue weighted by atomic mass is 16.5. The molecule has 0 aliphatic carbocycles. The normalized spacial score (nSPS) is 28.1. The van der Waals surface area contributed by atoms with Crippen LogP contribution in [0.15, 0.2) is 24.8 Å². The molecule has 0 radical (unpaired) electrons. The molecule has 1 aliphatic rings. The highest BCUT2D eigenvalue weighted by molar-refractivity contribution is 4.92. The molecule has 0 aromatic carbocycles. The van der Waals surface area contributed by atoms with Crippen LogP contribution in [0.25, 0.3) is 0 Å². The summed E-state index contributed by atoms with van der Waals surface area (Å²) < 4.78 is 5.49. The van der Waals surface area contributed by atoms with Crippen LogP contribution in [-0.4, -0.2) is 23.9 Å². The molecular weight excluding hydrogens is 176 g/mol. The fourth-order valence-electron chi connectivity index (χ4n) is 1.57. The van der Waals surface area contributed by atoms with Gasteiger partial charge in [-0.2, -0.15) is 0 Å². The first-order valence-electron chi connectivity index (χ1n) is 5.40. The summed E-state index contributed by atoms with van der Waals surface area (Å²) in [5, 5.41) is 9.39. The number of aliphatic hydroxyl groups is 1. The van der Waals surface area contributed by atoms with Gasteiger partial charge in [0, 0.05) is 13.0 Å². The minimum atomic E-state index is -0.174. The van der Waals surface area contributed by atoms with Crippen molar-refractivity contribution in [3.63, 3.8) is 0 Å². The number of unbranched alkanes of at least 4 members (excludes halogenated alkanes) is 2. The van der Waals surface area contributed by atoms with E-state index in [0.717, 1.165) is 32.1 Å². The number of aliphatic hydroxyl groups excluding tert-OH is 1. The Morgan fingerprint density at radius 3 is 3.00 bits per heavy atom. The van der Waals surface area contributed by atoms with Crippen molar-refractivity contribution in [1.82, 2.24) is 0 Å². The van der Waals surface area contributed by atoms with E-state index in [-0.39, 0.29) is 12.2 Å². The van der Waals surface area contributed by atoms with Crippen molar-refractivity contribution in [2.45, 2.75) is 44.3 Å². The fourth-order valence-corrected chi connectivity index (χ4v) is 1.57. The topological polar surface area (TPSA) is 29.5 Å². The molecule has 1 rings (SSSR count). The standard InChI is InChI=1S/C12H20O2/c1-2-3-4-5-6-7-12-10-11(13)8-9-14-12/h2,6-7,11-13H,1,3-5,8-10H2. The second-order valence-electron chi connectivity index (χ2n) is 3.74. The van der Waals surface area contributed by atoms with Gasteiger partial charge in [0.05, 0.1) is 12.2 Å². The zero-order valence-electron chi connectivity index (χ0n) is 8.69. The quantitative estimate of drug-likeness (QED) is 0.540. The number of hydrogen-bond donors (Lipinski definition) is 1. The van der Waals surface area contributed by atoms with Crippen LogP contribution in [0.2, 0.25) is 0 Å². The predicted molar refractivity (Wildman–Crippen MR) is 58.2 cm³/mol. The van der Waals surface area contributed by atoms with Gasteiger partial charge >= 0.3 is 0 Å². The molecule has 2 unspecified atom stereocenters. The molecule has 0 saturated carbocycles. The van der Waals surface area contributed by atoms with Crippen LogP contribution in [-0.2, 0) is 4.74 Å². The molecule has 0 bridgehead atoms. The Morgan fingerprint density at radius 2 is 2.29 bits per heavy atom. The summed E-state index contributed by atoms with van der Waals surface area (Å²) >= 11 is 0. The third kappa shape index (κ3) is 4.58. The summed E-state index contributed by atoms with van der Waals surface area (Å²) in [5.74, 6) is 0. The molecule has 0 amide bonds. The van der Waals surface area contributed by atoms with Crippen molar-refractivity contribution in [1.29, 1.82) is 0 Å². The largest absolute Gasteiger partial charge is 0.393 e. The van der Waals surface area contributed by atoms with E-state index in [4.69, 9.17) is 4.74 Å². The summed E-state index contributed by atoms with van der Waals surface area (Å²) in [6.45, 7) is 4.36. The maximum absolute atomic E-state index is 9.39. The lowest BCUT2D eigenvalue weighted by molar-refractivity contribution is -0.0211. The van der Waals surface area contributed by atoms with Crippen molar-refractivity contribution in [3.8, 4) is 0 Å². The summed E-state index contributed by atoms with van der Waals surface area (Å²) in [4.78, 5) is 0. The number of allylic oxidation sites excluding steroid dienone is 2. The van der Waals surface area contributed by atoms with Crippen molar-refractivity contribution in [2.24, 2.45) is 0 Å². The van der Waals surface area contributed by atoms with Gasteiger partial charge in [0.15, 0.2) is 0 Å². The highest BCUT2D eigenvalue weighted by Crippen LogP contribution is 2.14. The van der Waals surface area contributed by atoms with Gasteiger partial charge in [0.2, 0.25) is 0 Å². The van der Waals surface area contributed by atoms with E-state index in [1.54, 1.807) is 0 Å². The first-order chi connectivity index (χ1) is 6.83. The van der Waals surface area contributed by atoms with Gasteiger partial charge in [-0.15, -0.1) is 6.58 Å². The Morgan fingerprint density at radius 1 is 1.43 bits per heavy atom. The van der Waals surface area contributed by atoms with Crippen molar-refractivity contribution in [2.75, 3.05) is 6.61 Å². The highest BCUT2D eigenvalue weighted by Gasteiger charge is 2.17. The second-order valence-corrected chi connectivity index (χ2v) is 3.74. The Bertz CT molecular complexity index is 187. The Hall–Kier alpha value is -0.600. The van der Waals surface area contributed by atoms with E-state index in [2.05, 4.69) is 18.7 Å². The third-order valence-corrected chi connectivity index (χ3v) is 2.42. The van der Waals surface area contributed by atoms with Gasteiger partial charge in [-0.1, -0.05) is 18.2 Å². The van der Waals surface area contributed by atoms with Crippen LogP contribution >= 0.6 is 0 Å². The molecule has 2 atom stereocenters. The van der Waals surface area contributed by atoms with E-state index < -0.39 is 0 Å². The van der Waals surface area contributed by atoms with Gasteiger partial charge < -0.3 is 9.84 Å². The molecule has 1 fully saturated rings. The van der Waals surface area contributed by atoms with Crippen LogP contribution in [0.1, 0.15) is 32.1 Å². The zero-order chi connectivity index (χ0) is 10.2. The first kappa shape index (κ1) is 11.5. The van der Waals surface area contributed by atoms with E-state index in [9.17, 15) is 5.11 Å². The Kier molecular flexibility index (Phi) is 5.57. The molecule has 1 saturated heterocycles. The van der Waals surface area contributed by atoms with Gasteiger partial charge in [-0.25, -0.2) is 0 Å². The molecule has 1 heterocycles. The van der Waals surface area contributed by atoms with Gasteiger partial charge in [-0.3, -0.25) is 0 Å². The summed E-state index contributed by atoms with van der Waals surface area (Å²) in [6, 6.07) is 0. The van der Waals surface area contributed by atoms with Crippen LogP contribution in [0.3, 0.4) is 0 Å². The first-order valence-corrected chi connectivity index (χ1v) is 5.40. The summed E-state index contributed by atoms with van der Waals surface area (Å²) in [7, 11) is 0. The average molecular weight is 196 g/mol. The van der Waals surface area contributed by atoms with Crippen molar-refractivity contribution < 1.29 is 9.84 Å². The van der Waals surface area contributed by atoms with Gasteiger partial charge in [0.1, 0.15) is 0 Å². The molecule has 2 heteroatoms. The average Bonchev–Trinajstić information content (AvgIpc) is 2.18. The molecule has 80 valence electrons. The number of ether oxygens (including phenoxy) is 1. The van der Waals surface area contributed by atoms with Gasteiger partial charge in [-0.05, 0) is 25.7 Å². The number of hydrogen-bond acceptors (Lipinski definition) is 2. The monoisotopic (exact) mass is 196 g/mol. The molecule has 0 spiro atoms. The lowest BCUT2D eigenvalue weighted by Crippen LogP contribution is -2.27. The third-order valence-electron chi connectivity index (χ3n) is 2.42. The Labute approximate surface area is 86.3 Å².